The average Bonchev–Trinajstić information content (AvgIpc) is 3.21. The van der Waals surface area contributed by atoms with Crippen molar-refractivity contribution < 1.29 is 43.0 Å². The first-order valence-electron chi connectivity index (χ1n) is 11.0. The molecule has 0 atom stereocenters. The molecule has 0 aliphatic rings. The number of aryl methyl sites for hydroxylation is 1. The van der Waals surface area contributed by atoms with E-state index in [1.54, 1.807) is 0 Å². The number of quaternary nitrogens is 1. The minimum Gasteiger partial charge on any atom is -1.00 e. The molecule has 170 valence electrons. The zero-order valence-corrected chi connectivity index (χ0v) is 23.3. The fourth-order valence-electron chi connectivity index (χ4n) is 3.78. The summed E-state index contributed by atoms with van der Waals surface area (Å²) in [5.41, 5.74) is 1.26. The molecule has 0 aliphatic heterocycles. The number of hydrogen-bond donors (Lipinski definition) is 0. The van der Waals surface area contributed by atoms with E-state index < -0.39 is 0 Å². The SMILES string of the molecule is CCN(CC)c1ccc(/C=C/c2cc[n+](CCC[N+](CC)(CC)CC)cc2)s1.[Br-].[Br-]. The van der Waals surface area contributed by atoms with Crippen molar-refractivity contribution in [2.24, 2.45) is 0 Å². The van der Waals surface area contributed by atoms with Crippen LogP contribution in [-0.4, -0.2) is 43.8 Å². The topological polar surface area (TPSA) is 7.12 Å². The van der Waals surface area contributed by atoms with Gasteiger partial charge in [0.25, 0.3) is 0 Å². The first kappa shape index (κ1) is 29.3. The lowest BCUT2D eigenvalue weighted by atomic mass is 10.2. The van der Waals surface area contributed by atoms with Gasteiger partial charge in [0, 0.05) is 30.1 Å². The predicted molar refractivity (Wildman–Crippen MR) is 125 cm³/mol. The molecule has 0 unspecified atom stereocenters. The number of nitrogens with zero attached hydrogens (tertiary/aromatic N) is 3. The smallest absolute Gasteiger partial charge is 0.169 e. The number of thiophene rings is 1. The van der Waals surface area contributed by atoms with Crippen molar-refractivity contribution in [3.63, 3.8) is 0 Å². The summed E-state index contributed by atoms with van der Waals surface area (Å²) in [5, 5.41) is 1.36. The molecule has 2 aromatic rings. The fraction of sp³-hybridized carbons (Fsp3) is 0.542. The van der Waals surface area contributed by atoms with Crippen LogP contribution in [0.15, 0.2) is 36.7 Å². The van der Waals surface area contributed by atoms with Gasteiger partial charge in [0.1, 0.15) is 0 Å². The minimum atomic E-state index is 0. The third-order valence-electron chi connectivity index (χ3n) is 6.11. The highest BCUT2D eigenvalue weighted by molar-refractivity contribution is 7.17. The molecular formula is C24H39Br2N3S. The number of rotatable bonds is 12. The van der Waals surface area contributed by atoms with Gasteiger partial charge in [0.2, 0.25) is 0 Å². The lowest BCUT2D eigenvalue weighted by Gasteiger charge is -2.35. The minimum absolute atomic E-state index is 0. The molecule has 0 amide bonds. The van der Waals surface area contributed by atoms with Crippen molar-refractivity contribution >= 4 is 28.5 Å². The van der Waals surface area contributed by atoms with Gasteiger partial charge >= 0.3 is 0 Å². The Labute approximate surface area is 209 Å². The summed E-state index contributed by atoms with van der Waals surface area (Å²) in [5.74, 6) is 0. The Morgan fingerprint density at radius 2 is 1.47 bits per heavy atom. The van der Waals surface area contributed by atoms with Crippen molar-refractivity contribution in [1.82, 2.24) is 0 Å². The lowest BCUT2D eigenvalue weighted by molar-refractivity contribution is -0.925. The van der Waals surface area contributed by atoms with Crippen LogP contribution in [-0.2, 0) is 6.54 Å². The monoisotopic (exact) mass is 559 g/mol. The molecule has 3 nitrogen and oxygen atoms in total. The van der Waals surface area contributed by atoms with Gasteiger partial charge in [-0.1, -0.05) is 6.08 Å². The number of anilines is 1. The second kappa shape index (κ2) is 15.2. The van der Waals surface area contributed by atoms with Gasteiger partial charge in [0.15, 0.2) is 18.9 Å². The van der Waals surface area contributed by atoms with E-state index in [2.05, 4.69) is 92.9 Å². The summed E-state index contributed by atoms with van der Waals surface area (Å²) >= 11 is 1.86. The molecule has 0 radical (unpaired) electrons. The lowest BCUT2D eigenvalue weighted by Crippen LogP contribution is -3.00. The molecule has 0 bridgehead atoms. The van der Waals surface area contributed by atoms with Gasteiger partial charge in [-0.25, -0.2) is 4.57 Å². The molecule has 2 aromatic heterocycles. The zero-order valence-electron chi connectivity index (χ0n) is 19.3. The second-order valence-corrected chi connectivity index (χ2v) is 8.51. The molecule has 0 N–H and O–H groups in total. The normalized spacial score (nSPS) is 11.2. The average molecular weight is 561 g/mol. The van der Waals surface area contributed by atoms with E-state index in [0.717, 1.165) is 19.6 Å². The van der Waals surface area contributed by atoms with Crippen molar-refractivity contribution in [1.29, 1.82) is 0 Å². The van der Waals surface area contributed by atoms with Crippen LogP contribution in [0.25, 0.3) is 12.2 Å². The van der Waals surface area contributed by atoms with E-state index in [4.69, 9.17) is 0 Å². The summed E-state index contributed by atoms with van der Waals surface area (Å²) < 4.78 is 3.55. The molecule has 30 heavy (non-hydrogen) atoms. The van der Waals surface area contributed by atoms with Gasteiger partial charge in [-0.15, -0.1) is 11.3 Å². The molecular weight excluding hydrogens is 522 g/mol. The Morgan fingerprint density at radius 1 is 0.867 bits per heavy atom. The summed E-state index contributed by atoms with van der Waals surface area (Å²) in [7, 11) is 0. The van der Waals surface area contributed by atoms with Crippen LogP contribution < -0.4 is 43.4 Å². The Morgan fingerprint density at radius 3 is 2.00 bits per heavy atom. The maximum absolute atomic E-state index is 2.40. The quantitative estimate of drug-likeness (QED) is 0.247. The predicted octanol–water partition coefficient (Wildman–Crippen LogP) is -0.673. The van der Waals surface area contributed by atoms with Crippen molar-refractivity contribution in [2.75, 3.05) is 44.2 Å². The largest absolute Gasteiger partial charge is 1.00 e. The Kier molecular flexibility index (Phi) is 14.8. The van der Waals surface area contributed by atoms with Crippen LogP contribution in [0.2, 0.25) is 0 Å². The summed E-state index contributed by atoms with van der Waals surface area (Å²) in [6, 6.07) is 8.89. The molecule has 0 fully saturated rings. The van der Waals surface area contributed by atoms with Crippen LogP contribution >= 0.6 is 11.3 Å². The highest BCUT2D eigenvalue weighted by Crippen LogP contribution is 2.27. The standard InChI is InChI=1S/C24H39N3S.2BrH/c1-6-26(7-2)24-15-14-23(28-24)13-12-22-16-19-25(20-17-22)18-11-21-27(8-3,9-4)10-5;;/h12-17,19-20H,6-11,18,21H2,1-5H3;2*1H/q+2;;/p-2. The Balaban J connectivity index is 0.00000420. The number of aromatic nitrogens is 1. The van der Waals surface area contributed by atoms with Crippen LogP contribution in [0.4, 0.5) is 5.00 Å². The third-order valence-corrected chi connectivity index (χ3v) is 7.22. The Hall–Kier alpha value is -0.690. The number of hydrogen-bond acceptors (Lipinski definition) is 2. The third kappa shape index (κ3) is 8.45. The van der Waals surface area contributed by atoms with Gasteiger partial charge in [-0.3, -0.25) is 0 Å². The fourth-order valence-corrected chi connectivity index (χ4v) is 4.82. The van der Waals surface area contributed by atoms with E-state index in [1.807, 2.05) is 11.3 Å². The first-order chi connectivity index (χ1) is 13.6. The maximum atomic E-state index is 2.40. The maximum Gasteiger partial charge on any atom is 0.169 e. The first-order valence-corrected chi connectivity index (χ1v) is 11.8. The van der Waals surface area contributed by atoms with E-state index in [-0.39, 0.29) is 34.0 Å². The molecule has 0 spiro atoms. The Bertz CT molecular complexity index is 712. The van der Waals surface area contributed by atoms with Crippen LogP contribution in [0.5, 0.6) is 0 Å². The number of halogens is 2. The van der Waals surface area contributed by atoms with E-state index in [1.165, 1.54) is 52.5 Å². The molecule has 0 saturated carbocycles. The zero-order chi connectivity index (χ0) is 20.4. The van der Waals surface area contributed by atoms with Crippen LogP contribution in [0.1, 0.15) is 51.5 Å². The van der Waals surface area contributed by atoms with E-state index >= 15 is 0 Å². The molecule has 2 heterocycles. The summed E-state index contributed by atoms with van der Waals surface area (Å²) in [6.45, 7) is 19.6. The summed E-state index contributed by atoms with van der Waals surface area (Å²) in [4.78, 5) is 3.71. The highest BCUT2D eigenvalue weighted by Gasteiger charge is 2.20. The molecule has 0 aliphatic carbocycles. The highest BCUT2D eigenvalue weighted by atomic mass is 79.9. The molecule has 0 saturated heterocycles. The van der Waals surface area contributed by atoms with Crippen LogP contribution in [0, 0.1) is 0 Å². The van der Waals surface area contributed by atoms with Gasteiger partial charge in [0.05, 0.1) is 37.6 Å². The van der Waals surface area contributed by atoms with E-state index in [0.29, 0.717) is 0 Å². The molecule has 0 aromatic carbocycles. The van der Waals surface area contributed by atoms with Gasteiger partial charge in [-0.2, -0.15) is 0 Å². The summed E-state index contributed by atoms with van der Waals surface area (Å²) in [6.07, 6.45) is 10.1. The van der Waals surface area contributed by atoms with Gasteiger partial charge in [-0.05, 0) is 58.4 Å². The van der Waals surface area contributed by atoms with Gasteiger partial charge < -0.3 is 43.3 Å². The van der Waals surface area contributed by atoms with Crippen molar-refractivity contribution in [3.8, 4) is 0 Å². The van der Waals surface area contributed by atoms with Crippen molar-refractivity contribution in [2.45, 2.75) is 47.6 Å². The number of pyridine rings is 1. The second-order valence-electron chi connectivity index (χ2n) is 7.42. The van der Waals surface area contributed by atoms with Crippen LogP contribution in [0.3, 0.4) is 0 Å². The van der Waals surface area contributed by atoms with Crippen molar-refractivity contribution in [3.05, 3.63) is 47.1 Å². The molecule has 2 rings (SSSR count). The van der Waals surface area contributed by atoms with E-state index in [9.17, 15) is 0 Å². The molecule has 6 heteroatoms.